The van der Waals surface area contributed by atoms with E-state index in [4.69, 9.17) is 4.74 Å². The number of hydrogen-bond acceptors (Lipinski definition) is 3. The summed E-state index contributed by atoms with van der Waals surface area (Å²) in [5.41, 5.74) is 2.79. The first-order valence-electron chi connectivity index (χ1n) is 7.94. The van der Waals surface area contributed by atoms with E-state index in [1.54, 1.807) is 0 Å². The third kappa shape index (κ3) is 4.89. The van der Waals surface area contributed by atoms with Gasteiger partial charge >= 0.3 is 0 Å². The highest BCUT2D eigenvalue weighted by Gasteiger charge is 2.19. The zero-order chi connectivity index (χ0) is 14.2. The number of rotatable bonds is 7. The lowest BCUT2D eigenvalue weighted by molar-refractivity contribution is 0.00363. The van der Waals surface area contributed by atoms with Gasteiger partial charge in [0.1, 0.15) is 0 Å². The van der Waals surface area contributed by atoms with Gasteiger partial charge in [-0.3, -0.25) is 4.90 Å². The van der Waals surface area contributed by atoms with Gasteiger partial charge in [0.15, 0.2) is 0 Å². The van der Waals surface area contributed by atoms with E-state index in [9.17, 15) is 0 Å². The molecule has 0 spiro atoms. The van der Waals surface area contributed by atoms with Crippen LogP contribution in [-0.2, 0) is 17.8 Å². The lowest BCUT2D eigenvalue weighted by atomic mass is 10.1. The molecule has 3 nitrogen and oxygen atoms in total. The van der Waals surface area contributed by atoms with Crippen LogP contribution >= 0.6 is 0 Å². The molecule has 1 aliphatic heterocycles. The molecule has 3 heteroatoms. The Morgan fingerprint density at radius 1 is 1.30 bits per heavy atom. The van der Waals surface area contributed by atoms with Gasteiger partial charge in [-0.2, -0.15) is 0 Å². The molecule has 1 unspecified atom stereocenters. The largest absolute Gasteiger partial charge is 0.377 e. The average Bonchev–Trinajstić information content (AvgIpc) is 2.46. The van der Waals surface area contributed by atoms with Gasteiger partial charge in [0, 0.05) is 26.2 Å². The van der Waals surface area contributed by atoms with E-state index in [-0.39, 0.29) is 0 Å². The van der Waals surface area contributed by atoms with Crippen LogP contribution in [0.2, 0.25) is 0 Å². The van der Waals surface area contributed by atoms with Crippen molar-refractivity contribution >= 4 is 0 Å². The number of hydrogen-bond donors (Lipinski definition) is 1. The van der Waals surface area contributed by atoms with E-state index in [1.165, 1.54) is 30.5 Å². The second kappa shape index (κ2) is 8.40. The van der Waals surface area contributed by atoms with Crippen LogP contribution in [-0.4, -0.2) is 37.2 Å². The molecule has 20 heavy (non-hydrogen) atoms. The molecular weight excluding hydrogens is 248 g/mol. The van der Waals surface area contributed by atoms with Crippen molar-refractivity contribution in [2.45, 2.75) is 45.9 Å². The Morgan fingerprint density at radius 2 is 2.15 bits per heavy atom. The quantitative estimate of drug-likeness (QED) is 0.829. The summed E-state index contributed by atoms with van der Waals surface area (Å²) >= 11 is 0. The third-order valence-corrected chi connectivity index (χ3v) is 3.84. The molecule has 112 valence electrons. The van der Waals surface area contributed by atoms with Gasteiger partial charge in [-0.25, -0.2) is 0 Å². The van der Waals surface area contributed by atoms with Gasteiger partial charge in [0.25, 0.3) is 0 Å². The van der Waals surface area contributed by atoms with Crippen LogP contribution in [0.15, 0.2) is 24.3 Å². The Hall–Kier alpha value is -0.900. The zero-order valence-corrected chi connectivity index (χ0v) is 12.9. The molecule has 1 aromatic rings. The zero-order valence-electron chi connectivity index (χ0n) is 12.9. The molecule has 1 fully saturated rings. The van der Waals surface area contributed by atoms with Gasteiger partial charge in [0.2, 0.25) is 0 Å². The van der Waals surface area contributed by atoms with Crippen molar-refractivity contribution in [1.29, 1.82) is 0 Å². The first-order chi connectivity index (χ1) is 9.81. The van der Waals surface area contributed by atoms with Crippen molar-refractivity contribution < 1.29 is 4.74 Å². The van der Waals surface area contributed by atoms with Gasteiger partial charge in [-0.1, -0.05) is 31.2 Å². The number of nitrogens with one attached hydrogen (secondary N) is 1. The second-order valence-corrected chi connectivity index (χ2v) is 5.55. The number of ether oxygens (including phenoxy) is 1. The monoisotopic (exact) mass is 276 g/mol. The Kier molecular flexibility index (Phi) is 6.51. The first kappa shape index (κ1) is 15.5. The van der Waals surface area contributed by atoms with Crippen molar-refractivity contribution in [3.63, 3.8) is 0 Å². The van der Waals surface area contributed by atoms with Crippen LogP contribution in [0, 0.1) is 0 Å². The minimum absolute atomic E-state index is 0.429. The highest BCUT2D eigenvalue weighted by molar-refractivity contribution is 5.23. The maximum Gasteiger partial charge on any atom is 0.0702 e. The third-order valence-electron chi connectivity index (χ3n) is 3.84. The SMILES string of the molecule is CCNCc1cccc(CN2CCCC(OCC)C2)c1. The Morgan fingerprint density at radius 3 is 2.95 bits per heavy atom. The number of nitrogens with zero attached hydrogens (tertiary/aromatic N) is 1. The van der Waals surface area contributed by atoms with Gasteiger partial charge in [-0.05, 0) is 44.0 Å². The molecule has 1 saturated heterocycles. The lowest BCUT2D eigenvalue weighted by Gasteiger charge is -2.32. The topological polar surface area (TPSA) is 24.5 Å². The first-order valence-corrected chi connectivity index (χ1v) is 7.94. The van der Waals surface area contributed by atoms with Crippen molar-refractivity contribution in [1.82, 2.24) is 10.2 Å². The lowest BCUT2D eigenvalue weighted by Crippen LogP contribution is -2.39. The van der Waals surface area contributed by atoms with Crippen LogP contribution in [0.3, 0.4) is 0 Å². The van der Waals surface area contributed by atoms with E-state index < -0.39 is 0 Å². The second-order valence-electron chi connectivity index (χ2n) is 5.55. The normalized spacial score (nSPS) is 20.2. The average molecular weight is 276 g/mol. The Bertz CT molecular complexity index is 392. The maximum absolute atomic E-state index is 5.78. The smallest absolute Gasteiger partial charge is 0.0702 e. The molecule has 1 atom stereocenters. The molecule has 1 heterocycles. The van der Waals surface area contributed by atoms with Crippen LogP contribution in [0.5, 0.6) is 0 Å². The standard InChI is InChI=1S/C17H28N2O/c1-3-18-12-15-7-5-8-16(11-15)13-19-10-6-9-17(14-19)20-4-2/h5,7-8,11,17-18H,3-4,6,9-10,12-14H2,1-2H3. The molecule has 0 radical (unpaired) electrons. The van der Waals surface area contributed by atoms with Gasteiger partial charge < -0.3 is 10.1 Å². The number of piperidine rings is 1. The summed E-state index contributed by atoms with van der Waals surface area (Å²) in [6, 6.07) is 8.93. The molecule has 1 aromatic carbocycles. The van der Waals surface area contributed by atoms with Crippen LogP contribution in [0.1, 0.15) is 37.8 Å². The molecule has 0 saturated carbocycles. The van der Waals surface area contributed by atoms with Crippen LogP contribution < -0.4 is 5.32 Å². The van der Waals surface area contributed by atoms with E-state index in [2.05, 4.69) is 48.3 Å². The highest BCUT2D eigenvalue weighted by Crippen LogP contribution is 2.16. The predicted octanol–water partition coefficient (Wildman–Crippen LogP) is 2.80. The maximum atomic E-state index is 5.78. The van der Waals surface area contributed by atoms with Crippen molar-refractivity contribution in [2.75, 3.05) is 26.2 Å². The van der Waals surface area contributed by atoms with Crippen LogP contribution in [0.4, 0.5) is 0 Å². The van der Waals surface area contributed by atoms with Gasteiger partial charge in [-0.15, -0.1) is 0 Å². The van der Waals surface area contributed by atoms with Gasteiger partial charge in [0.05, 0.1) is 6.10 Å². The molecule has 1 N–H and O–H groups in total. The van der Waals surface area contributed by atoms with Crippen molar-refractivity contribution in [3.8, 4) is 0 Å². The highest BCUT2D eigenvalue weighted by atomic mass is 16.5. The van der Waals surface area contributed by atoms with E-state index >= 15 is 0 Å². The summed E-state index contributed by atoms with van der Waals surface area (Å²) in [6.45, 7) is 10.4. The molecule has 0 aliphatic carbocycles. The van der Waals surface area contributed by atoms with E-state index in [1.807, 2.05) is 0 Å². The molecular formula is C17H28N2O. The van der Waals surface area contributed by atoms with E-state index in [0.29, 0.717) is 6.10 Å². The molecule has 0 bridgehead atoms. The Balaban J connectivity index is 1.88. The molecule has 2 rings (SSSR count). The summed E-state index contributed by atoms with van der Waals surface area (Å²) in [7, 11) is 0. The molecule has 0 aromatic heterocycles. The predicted molar refractivity (Wildman–Crippen MR) is 83.7 cm³/mol. The number of likely N-dealkylation sites (tertiary alicyclic amines) is 1. The minimum Gasteiger partial charge on any atom is -0.377 e. The summed E-state index contributed by atoms with van der Waals surface area (Å²) in [5.74, 6) is 0. The summed E-state index contributed by atoms with van der Waals surface area (Å²) in [6.07, 6.45) is 2.89. The number of benzene rings is 1. The van der Waals surface area contributed by atoms with E-state index in [0.717, 1.165) is 32.8 Å². The fourth-order valence-corrected chi connectivity index (χ4v) is 2.89. The summed E-state index contributed by atoms with van der Waals surface area (Å²) in [5, 5.41) is 3.39. The summed E-state index contributed by atoms with van der Waals surface area (Å²) in [4.78, 5) is 2.52. The van der Waals surface area contributed by atoms with Crippen molar-refractivity contribution in [2.24, 2.45) is 0 Å². The Labute approximate surface area is 123 Å². The molecule has 0 amide bonds. The summed E-state index contributed by atoms with van der Waals surface area (Å²) < 4.78 is 5.78. The molecule has 1 aliphatic rings. The minimum atomic E-state index is 0.429. The van der Waals surface area contributed by atoms with Crippen molar-refractivity contribution in [3.05, 3.63) is 35.4 Å². The fourth-order valence-electron chi connectivity index (χ4n) is 2.89. The van der Waals surface area contributed by atoms with Crippen LogP contribution in [0.25, 0.3) is 0 Å². The fraction of sp³-hybridized carbons (Fsp3) is 0.647.